The largest absolute Gasteiger partial charge is 0.271 e. The van der Waals surface area contributed by atoms with Crippen LogP contribution in [0.4, 0.5) is 0 Å². The Morgan fingerprint density at radius 3 is 2.30 bits per heavy atom. The highest BCUT2D eigenvalue weighted by Crippen LogP contribution is 2.21. The molecule has 0 atom stereocenters. The molecule has 0 aliphatic rings. The van der Waals surface area contributed by atoms with Gasteiger partial charge >= 0.3 is 0 Å². The van der Waals surface area contributed by atoms with Gasteiger partial charge in [-0.05, 0) is 31.2 Å². The van der Waals surface area contributed by atoms with Crippen molar-refractivity contribution in [2.45, 2.75) is 6.92 Å². The third kappa shape index (κ3) is 3.59. The molecule has 0 aromatic heterocycles. The minimum atomic E-state index is -0.288. The lowest BCUT2D eigenvalue weighted by atomic mass is 10.1. The lowest BCUT2D eigenvalue weighted by Gasteiger charge is -2.02. The highest BCUT2D eigenvalue weighted by atomic mass is 35.5. The first kappa shape index (κ1) is 14.6. The summed E-state index contributed by atoms with van der Waals surface area (Å²) in [6.45, 7) is 1.96. The van der Waals surface area contributed by atoms with Gasteiger partial charge in [0.15, 0.2) is 0 Å². The smallest absolute Gasteiger partial charge is 0.267 e. The molecule has 0 saturated heterocycles. The zero-order valence-electron chi connectivity index (χ0n) is 10.7. The monoisotopic (exact) mass is 306 g/mol. The van der Waals surface area contributed by atoms with Gasteiger partial charge in [0.1, 0.15) is 0 Å². The van der Waals surface area contributed by atoms with Crippen molar-refractivity contribution in [3.63, 3.8) is 0 Å². The van der Waals surface area contributed by atoms with Gasteiger partial charge in [0.2, 0.25) is 0 Å². The van der Waals surface area contributed by atoms with Crippen molar-refractivity contribution in [2.75, 3.05) is 0 Å². The van der Waals surface area contributed by atoms with Gasteiger partial charge in [-0.15, -0.1) is 0 Å². The summed E-state index contributed by atoms with van der Waals surface area (Å²) in [5.41, 5.74) is 4.63. The predicted octanol–water partition coefficient (Wildman–Crippen LogP) is 4.07. The predicted molar refractivity (Wildman–Crippen MR) is 82.7 cm³/mol. The average Bonchev–Trinajstić information content (AvgIpc) is 2.42. The number of rotatable bonds is 3. The van der Waals surface area contributed by atoms with E-state index in [9.17, 15) is 4.79 Å². The Kier molecular flexibility index (Phi) is 4.77. The zero-order chi connectivity index (χ0) is 14.5. The van der Waals surface area contributed by atoms with E-state index in [-0.39, 0.29) is 5.91 Å². The van der Waals surface area contributed by atoms with Gasteiger partial charge in [0.05, 0.1) is 16.3 Å². The molecule has 0 radical (unpaired) electrons. The van der Waals surface area contributed by atoms with Gasteiger partial charge in [0.25, 0.3) is 5.91 Å². The van der Waals surface area contributed by atoms with Crippen LogP contribution in [-0.2, 0) is 0 Å². The van der Waals surface area contributed by atoms with E-state index in [0.29, 0.717) is 21.2 Å². The Morgan fingerprint density at radius 2 is 1.70 bits per heavy atom. The number of nitrogens with zero attached hydrogens (tertiary/aromatic N) is 1. The van der Waals surface area contributed by atoms with Gasteiger partial charge in [-0.3, -0.25) is 4.79 Å². The van der Waals surface area contributed by atoms with Gasteiger partial charge < -0.3 is 0 Å². The van der Waals surface area contributed by atoms with Crippen LogP contribution in [0, 0.1) is 6.92 Å². The average molecular weight is 307 g/mol. The first-order valence-corrected chi connectivity index (χ1v) is 6.67. The summed E-state index contributed by atoms with van der Waals surface area (Å²) in [5.74, 6) is -0.288. The number of carbonyl (C=O) groups is 1. The summed E-state index contributed by atoms with van der Waals surface area (Å²) in [6, 6.07) is 12.4. The van der Waals surface area contributed by atoms with Crippen LogP contribution in [0.2, 0.25) is 10.0 Å². The summed E-state index contributed by atoms with van der Waals surface area (Å²) in [4.78, 5) is 11.8. The Labute approximate surface area is 127 Å². The molecule has 0 unspecified atom stereocenters. The van der Waals surface area contributed by atoms with Crippen molar-refractivity contribution in [3.8, 4) is 0 Å². The SMILES string of the molecule is Cc1ccc(C(=O)N/N=C/c2c(Cl)cccc2Cl)cc1. The van der Waals surface area contributed by atoms with E-state index >= 15 is 0 Å². The van der Waals surface area contributed by atoms with Crippen LogP contribution in [-0.4, -0.2) is 12.1 Å². The molecule has 2 aromatic carbocycles. The van der Waals surface area contributed by atoms with Gasteiger partial charge in [-0.25, -0.2) is 5.43 Å². The van der Waals surface area contributed by atoms with Gasteiger partial charge in [-0.2, -0.15) is 5.10 Å². The van der Waals surface area contributed by atoms with Crippen molar-refractivity contribution in [2.24, 2.45) is 5.10 Å². The molecule has 5 heteroatoms. The van der Waals surface area contributed by atoms with Crippen molar-refractivity contribution >= 4 is 35.3 Å². The van der Waals surface area contributed by atoms with E-state index in [2.05, 4.69) is 10.5 Å². The van der Waals surface area contributed by atoms with Crippen molar-refractivity contribution < 1.29 is 4.79 Å². The van der Waals surface area contributed by atoms with Crippen LogP contribution in [0.5, 0.6) is 0 Å². The van der Waals surface area contributed by atoms with Gasteiger partial charge in [-0.1, -0.05) is 47.0 Å². The van der Waals surface area contributed by atoms with Crippen LogP contribution in [0.25, 0.3) is 0 Å². The molecule has 0 spiro atoms. The topological polar surface area (TPSA) is 41.5 Å². The molecule has 1 amide bonds. The molecule has 0 saturated carbocycles. The lowest BCUT2D eigenvalue weighted by molar-refractivity contribution is 0.0955. The molecule has 2 rings (SSSR count). The van der Waals surface area contributed by atoms with Crippen LogP contribution in [0.15, 0.2) is 47.6 Å². The molecule has 0 aliphatic heterocycles. The van der Waals surface area contributed by atoms with Crippen LogP contribution in [0.1, 0.15) is 21.5 Å². The standard InChI is InChI=1S/C15H12Cl2N2O/c1-10-5-7-11(8-6-10)15(20)19-18-9-12-13(16)3-2-4-14(12)17/h2-9H,1H3,(H,19,20)/b18-9+. The van der Waals surface area contributed by atoms with E-state index in [1.165, 1.54) is 6.21 Å². The van der Waals surface area contributed by atoms with E-state index < -0.39 is 0 Å². The normalized spacial score (nSPS) is 10.8. The Morgan fingerprint density at radius 1 is 1.10 bits per heavy atom. The summed E-state index contributed by atoms with van der Waals surface area (Å²) in [5, 5.41) is 4.82. The maximum atomic E-state index is 11.8. The van der Waals surface area contributed by atoms with Crippen molar-refractivity contribution in [3.05, 3.63) is 69.2 Å². The third-order valence-corrected chi connectivity index (χ3v) is 3.33. The molecular formula is C15H12Cl2N2O. The Hall–Kier alpha value is -1.84. The highest BCUT2D eigenvalue weighted by molar-refractivity contribution is 6.38. The molecule has 1 N–H and O–H groups in total. The van der Waals surface area contributed by atoms with Crippen LogP contribution < -0.4 is 5.43 Å². The summed E-state index contributed by atoms with van der Waals surface area (Å²) in [6.07, 6.45) is 1.43. The number of hydrogen-bond donors (Lipinski definition) is 1. The van der Waals surface area contributed by atoms with Crippen LogP contribution >= 0.6 is 23.2 Å². The maximum Gasteiger partial charge on any atom is 0.271 e. The molecule has 102 valence electrons. The number of halogens is 2. The molecule has 0 fully saturated rings. The molecule has 0 aliphatic carbocycles. The van der Waals surface area contributed by atoms with E-state index in [1.54, 1.807) is 30.3 Å². The number of carbonyl (C=O) groups excluding carboxylic acids is 1. The molecular weight excluding hydrogens is 295 g/mol. The Bertz CT molecular complexity index is 631. The number of nitrogens with one attached hydrogen (secondary N) is 1. The summed E-state index contributed by atoms with van der Waals surface area (Å²) in [7, 11) is 0. The highest BCUT2D eigenvalue weighted by Gasteiger charge is 2.04. The molecule has 0 heterocycles. The fraction of sp³-hybridized carbons (Fsp3) is 0.0667. The van der Waals surface area contributed by atoms with Crippen molar-refractivity contribution in [1.82, 2.24) is 5.43 Å². The van der Waals surface area contributed by atoms with Crippen LogP contribution in [0.3, 0.4) is 0 Å². The fourth-order valence-corrected chi connectivity index (χ4v) is 2.05. The number of benzene rings is 2. The quantitative estimate of drug-likeness (QED) is 0.674. The Balaban J connectivity index is 2.06. The second-order valence-electron chi connectivity index (χ2n) is 4.20. The van der Waals surface area contributed by atoms with E-state index in [0.717, 1.165) is 5.56 Å². The summed E-state index contributed by atoms with van der Waals surface area (Å²) >= 11 is 12.0. The second kappa shape index (κ2) is 6.55. The zero-order valence-corrected chi connectivity index (χ0v) is 12.2. The molecule has 20 heavy (non-hydrogen) atoms. The van der Waals surface area contributed by atoms with E-state index in [1.807, 2.05) is 19.1 Å². The second-order valence-corrected chi connectivity index (χ2v) is 5.01. The third-order valence-electron chi connectivity index (χ3n) is 2.67. The first-order valence-electron chi connectivity index (χ1n) is 5.92. The number of hydrogen-bond acceptors (Lipinski definition) is 2. The minimum absolute atomic E-state index is 0.288. The van der Waals surface area contributed by atoms with Gasteiger partial charge in [0, 0.05) is 11.1 Å². The number of amides is 1. The number of hydrazone groups is 1. The lowest BCUT2D eigenvalue weighted by Crippen LogP contribution is -2.17. The minimum Gasteiger partial charge on any atom is -0.267 e. The molecule has 3 nitrogen and oxygen atoms in total. The summed E-state index contributed by atoms with van der Waals surface area (Å²) < 4.78 is 0. The van der Waals surface area contributed by atoms with E-state index in [4.69, 9.17) is 23.2 Å². The number of aryl methyl sites for hydroxylation is 1. The fourth-order valence-electron chi connectivity index (χ4n) is 1.56. The van der Waals surface area contributed by atoms with Crippen molar-refractivity contribution in [1.29, 1.82) is 0 Å². The molecule has 0 bridgehead atoms. The molecule has 2 aromatic rings. The first-order chi connectivity index (χ1) is 9.58. The maximum absolute atomic E-state index is 11.8.